The molecule has 1 fully saturated rings. The highest BCUT2D eigenvalue weighted by atomic mass is 35.5. The van der Waals surface area contributed by atoms with Gasteiger partial charge in [0.2, 0.25) is 5.91 Å². The number of hydrogen-bond acceptors (Lipinski definition) is 5. The molecule has 1 saturated heterocycles. The van der Waals surface area contributed by atoms with Crippen molar-refractivity contribution in [1.82, 2.24) is 9.88 Å². The molecule has 0 unspecified atom stereocenters. The Kier molecular flexibility index (Phi) is 9.27. The lowest BCUT2D eigenvalue weighted by molar-refractivity contribution is -0.118. The lowest BCUT2D eigenvalue weighted by Gasteiger charge is -2.27. The van der Waals surface area contributed by atoms with Gasteiger partial charge in [0.1, 0.15) is 0 Å². The number of anilines is 1. The average Bonchev–Trinajstić information content (AvgIpc) is 3.22. The molecule has 1 aliphatic rings. The molecule has 0 radical (unpaired) electrons. The number of carbonyl (C=O) groups excluding carboxylic acids is 1. The van der Waals surface area contributed by atoms with E-state index in [0.29, 0.717) is 13.0 Å². The summed E-state index contributed by atoms with van der Waals surface area (Å²) in [4.78, 5) is 22.6. The van der Waals surface area contributed by atoms with Gasteiger partial charge in [-0.1, -0.05) is 42.5 Å². The Morgan fingerprint density at radius 3 is 2.58 bits per heavy atom. The van der Waals surface area contributed by atoms with Crippen LogP contribution in [-0.4, -0.2) is 55.2 Å². The third-order valence-electron chi connectivity index (χ3n) is 6.27. The third-order valence-corrected chi connectivity index (χ3v) is 7.31. The van der Waals surface area contributed by atoms with Crippen LogP contribution < -0.4 is 4.90 Å². The summed E-state index contributed by atoms with van der Waals surface area (Å²) >= 11 is 1.63. The number of thiazole rings is 1. The van der Waals surface area contributed by atoms with E-state index in [1.54, 1.807) is 11.3 Å². The van der Waals surface area contributed by atoms with Crippen molar-refractivity contribution < 1.29 is 9.53 Å². The summed E-state index contributed by atoms with van der Waals surface area (Å²) in [5.41, 5.74) is 5.81. The van der Waals surface area contributed by atoms with E-state index in [2.05, 4.69) is 62.1 Å². The SMILES string of the molecule is CCc1ccc2nc(N(CCCN3CCOCC3)C(=O)Cc3ccc(C)c(C)c3)sc2c1.Cl. The van der Waals surface area contributed by atoms with Gasteiger partial charge in [0.15, 0.2) is 5.13 Å². The van der Waals surface area contributed by atoms with E-state index in [4.69, 9.17) is 9.72 Å². The van der Waals surface area contributed by atoms with Crippen molar-refractivity contribution in [2.45, 2.75) is 40.0 Å². The molecule has 4 rings (SSSR count). The van der Waals surface area contributed by atoms with Gasteiger partial charge in [0, 0.05) is 26.2 Å². The molecule has 0 N–H and O–H groups in total. The Balaban J connectivity index is 0.00000306. The number of amides is 1. The predicted octanol–water partition coefficient (Wildman–Crippen LogP) is 5.20. The molecule has 1 amide bonds. The molecule has 0 aliphatic carbocycles. The first-order chi connectivity index (χ1) is 15.5. The van der Waals surface area contributed by atoms with Crippen molar-refractivity contribution in [3.63, 3.8) is 0 Å². The highest BCUT2D eigenvalue weighted by Gasteiger charge is 2.21. The van der Waals surface area contributed by atoms with Gasteiger partial charge in [-0.2, -0.15) is 0 Å². The number of aryl methyl sites for hydroxylation is 3. The van der Waals surface area contributed by atoms with E-state index in [0.717, 1.165) is 66.6 Å². The van der Waals surface area contributed by atoms with Crippen molar-refractivity contribution in [2.24, 2.45) is 0 Å². The predicted molar refractivity (Wildman–Crippen MR) is 140 cm³/mol. The van der Waals surface area contributed by atoms with Crippen molar-refractivity contribution in [3.8, 4) is 0 Å². The van der Waals surface area contributed by atoms with Crippen LogP contribution in [0.2, 0.25) is 0 Å². The lowest BCUT2D eigenvalue weighted by atomic mass is 10.0. The minimum atomic E-state index is 0. The number of rotatable bonds is 8. The van der Waals surface area contributed by atoms with Crippen LogP contribution in [0.4, 0.5) is 5.13 Å². The number of morpholine rings is 1. The van der Waals surface area contributed by atoms with Gasteiger partial charge in [-0.05, 0) is 61.1 Å². The van der Waals surface area contributed by atoms with Crippen LogP contribution in [0.3, 0.4) is 0 Å². The standard InChI is InChI=1S/C26H33N3O2S.ClH/c1-4-21-8-9-23-24(17-21)32-26(27-23)29(11-5-10-28-12-14-31-15-13-28)25(30)18-22-7-6-19(2)20(3)16-22;/h6-9,16-17H,4-5,10-15,18H2,1-3H3;1H. The van der Waals surface area contributed by atoms with Crippen LogP contribution >= 0.6 is 23.7 Å². The summed E-state index contributed by atoms with van der Waals surface area (Å²) in [5, 5.41) is 0.809. The fourth-order valence-electron chi connectivity index (χ4n) is 4.08. The van der Waals surface area contributed by atoms with Crippen LogP contribution in [0.15, 0.2) is 36.4 Å². The molecule has 0 spiro atoms. The normalized spacial score (nSPS) is 14.3. The molecular formula is C26H34ClN3O2S. The van der Waals surface area contributed by atoms with Crippen molar-refractivity contribution in [3.05, 3.63) is 58.7 Å². The number of carbonyl (C=O) groups is 1. The molecule has 7 heteroatoms. The Morgan fingerprint density at radius 2 is 1.85 bits per heavy atom. The highest BCUT2D eigenvalue weighted by molar-refractivity contribution is 7.22. The molecule has 0 atom stereocenters. The summed E-state index contributed by atoms with van der Waals surface area (Å²) in [6, 6.07) is 12.7. The van der Waals surface area contributed by atoms with Gasteiger partial charge in [0.25, 0.3) is 0 Å². The minimum absolute atomic E-state index is 0. The molecule has 5 nitrogen and oxygen atoms in total. The summed E-state index contributed by atoms with van der Waals surface area (Å²) in [6.07, 6.45) is 2.32. The molecule has 0 bridgehead atoms. The fraction of sp³-hybridized carbons (Fsp3) is 0.462. The van der Waals surface area contributed by atoms with Crippen LogP contribution in [0.5, 0.6) is 0 Å². The zero-order valence-corrected chi connectivity index (χ0v) is 21.4. The second-order valence-electron chi connectivity index (χ2n) is 8.60. The molecule has 33 heavy (non-hydrogen) atoms. The van der Waals surface area contributed by atoms with Gasteiger partial charge in [0.05, 0.1) is 29.9 Å². The molecular weight excluding hydrogens is 454 g/mol. The van der Waals surface area contributed by atoms with E-state index in [1.165, 1.54) is 16.7 Å². The second kappa shape index (κ2) is 11.9. The van der Waals surface area contributed by atoms with Gasteiger partial charge < -0.3 is 4.74 Å². The van der Waals surface area contributed by atoms with Gasteiger partial charge in [-0.15, -0.1) is 12.4 Å². The number of hydrogen-bond donors (Lipinski definition) is 0. The molecule has 2 aromatic carbocycles. The first-order valence-electron chi connectivity index (χ1n) is 11.6. The number of halogens is 1. The zero-order valence-electron chi connectivity index (χ0n) is 19.8. The largest absolute Gasteiger partial charge is 0.379 e. The first kappa shape index (κ1) is 25.6. The Morgan fingerprint density at radius 1 is 1.09 bits per heavy atom. The van der Waals surface area contributed by atoms with E-state index in [-0.39, 0.29) is 18.3 Å². The van der Waals surface area contributed by atoms with Crippen LogP contribution in [-0.2, 0) is 22.4 Å². The Hall–Kier alpha value is -1.99. The minimum Gasteiger partial charge on any atom is -0.379 e. The smallest absolute Gasteiger partial charge is 0.233 e. The maximum absolute atomic E-state index is 13.5. The average molecular weight is 488 g/mol. The van der Waals surface area contributed by atoms with Crippen LogP contribution in [0.25, 0.3) is 10.2 Å². The zero-order chi connectivity index (χ0) is 22.5. The first-order valence-corrected chi connectivity index (χ1v) is 12.4. The fourth-order valence-corrected chi connectivity index (χ4v) is 5.15. The van der Waals surface area contributed by atoms with Gasteiger partial charge >= 0.3 is 0 Å². The van der Waals surface area contributed by atoms with Crippen molar-refractivity contribution >= 4 is 45.0 Å². The van der Waals surface area contributed by atoms with Crippen molar-refractivity contribution in [1.29, 1.82) is 0 Å². The maximum Gasteiger partial charge on any atom is 0.233 e. The molecule has 1 aromatic heterocycles. The number of fused-ring (bicyclic) bond motifs is 1. The van der Waals surface area contributed by atoms with Gasteiger partial charge in [-0.3, -0.25) is 14.6 Å². The van der Waals surface area contributed by atoms with E-state index < -0.39 is 0 Å². The summed E-state index contributed by atoms with van der Waals surface area (Å²) in [7, 11) is 0. The lowest BCUT2D eigenvalue weighted by Crippen LogP contribution is -2.39. The van der Waals surface area contributed by atoms with E-state index in [9.17, 15) is 4.79 Å². The van der Waals surface area contributed by atoms with Crippen molar-refractivity contribution in [2.75, 3.05) is 44.3 Å². The summed E-state index contributed by atoms with van der Waals surface area (Å²) in [5.74, 6) is 0.116. The molecule has 178 valence electrons. The summed E-state index contributed by atoms with van der Waals surface area (Å²) < 4.78 is 6.61. The van der Waals surface area contributed by atoms with Gasteiger partial charge in [-0.25, -0.2) is 4.98 Å². The number of nitrogens with zero attached hydrogens (tertiary/aromatic N) is 3. The number of ether oxygens (including phenoxy) is 1. The monoisotopic (exact) mass is 487 g/mol. The maximum atomic E-state index is 13.5. The number of aromatic nitrogens is 1. The van der Waals surface area contributed by atoms with Crippen LogP contribution in [0, 0.1) is 13.8 Å². The van der Waals surface area contributed by atoms with E-state index in [1.807, 2.05) is 4.90 Å². The second-order valence-corrected chi connectivity index (χ2v) is 9.61. The Labute approximate surface area is 207 Å². The molecule has 0 saturated carbocycles. The molecule has 2 heterocycles. The molecule has 1 aliphatic heterocycles. The topological polar surface area (TPSA) is 45.7 Å². The summed E-state index contributed by atoms with van der Waals surface area (Å²) in [6.45, 7) is 11.6. The van der Waals surface area contributed by atoms with Crippen LogP contribution in [0.1, 0.15) is 35.6 Å². The number of benzene rings is 2. The highest BCUT2D eigenvalue weighted by Crippen LogP contribution is 2.30. The third kappa shape index (κ3) is 6.54. The molecule has 3 aromatic rings. The quantitative estimate of drug-likeness (QED) is 0.438. The van der Waals surface area contributed by atoms with E-state index >= 15 is 0 Å². The Bertz CT molecular complexity index is 1080.